The first-order valence-corrected chi connectivity index (χ1v) is 10.5. The van der Waals surface area contributed by atoms with Crippen molar-refractivity contribution >= 4 is 0 Å². The summed E-state index contributed by atoms with van der Waals surface area (Å²) in [5, 5.41) is 9.31. The smallest absolute Gasteiger partial charge is 0.206 e. The lowest BCUT2D eigenvalue weighted by Gasteiger charge is -2.03. The number of aromatic nitrogens is 1. The zero-order valence-electron chi connectivity index (χ0n) is 16.4. The lowest BCUT2D eigenvalue weighted by molar-refractivity contribution is -0.706. The second-order valence-electron chi connectivity index (χ2n) is 7.14. The molecule has 0 radical (unpaired) electrons. The maximum atomic E-state index is 9.31. The van der Waals surface area contributed by atoms with Gasteiger partial charge >= 0.3 is 0 Å². The molecule has 0 aliphatic rings. The molecule has 0 aromatic carbocycles. The van der Waals surface area contributed by atoms with Gasteiger partial charge in [-0.25, -0.2) is 4.57 Å². The van der Waals surface area contributed by atoms with Crippen molar-refractivity contribution in [3.05, 3.63) is 30.1 Å². The van der Waals surface area contributed by atoms with E-state index in [9.17, 15) is 5.11 Å². The molecule has 25 heavy (non-hydrogen) atoms. The van der Waals surface area contributed by atoms with Gasteiger partial charge in [0.15, 0.2) is 6.20 Å². The van der Waals surface area contributed by atoms with Crippen molar-refractivity contribution in [3.63, 3.8) is 0 Å². The average molecular weight is 370 g/mol. The van der Waals surface area contributed by atoms with E-state index >= 15 is 0 Å². The highest BCUT2D eigenvalue weighted by Gasteiger charge is 2.06. The molecule has 0 spiro atoms. The number of aliphatic hydroxyl groups excluding tert-OH is 1. The predicted octanol–water partition coefficient (Wildman–Crippen LogP) is 2.95. The largest absolute Gasteiger partial charge is 1.00 e. The van der Waals surface area contributed by atoms with Crippen LogP contribution in [0.4, 0.5) is 0 Å². The van der Waals surface area contributed by atoms with Crippen molar-refractivity contribution in [2.45, 2.75) is 110 Å². The number of aryl methyl sites for hydroxylation is 1. The molecule has 2 nitrogen and oxygen atoms in total. The molecule has 0 amide bonds. The first kappa shape index (κ1) is 24.4. The van der Waals surface area contributed by atoms with E-state index in [0.717, 1.165) is 12.2 Å². The van der Waals surface area contributed by atoms with Crippen molar-refractivity contribution in [3.8, 4) is 0 Å². The van der Waals surface area contributed by atoms with Crippen LogP contribution in [-0.4, -0.2) is 5.11 Å². The first-order valence-electron chi connectivity index (χ1n) is 10.5. The second kappa shape index (κ2) is 18.2. The fraction of sp³-hybridized carbons (Fsp3) is 0.773. The molecule has 3 heteroatoms. The van der Waals surface area contributed by atoms with Crippen LogP contribution in [0.2, 0.25) is 0 Å². The molecule has 0 unspecified atom stereocenters. The van der Waals surface area contributed by atoms with Gasteiger partial charge in [-0.05, 0) is 6.42 Å². The van der Waals surface area contributed by atoms with Gasteiger partial charge in [-0.15, -0.1) is 0 Å². The van der Waals surface area contributed by atoms with Gasteiger partial charge in [0.1, 0.15) is 13.2 Å². The Balaban J connectivity index is 0.00000576. The van der Waals surface area contributed by atoms with Crippen LogP contribution < -0.4 is 17.0 Å². The summed E-state index contributed by atoms with van der Waals surface area (Å²) in [6.45, 7) is 3.46. The Morgan fingerprint density at radius 2 is 1.20 bits per heavy atom. The average Bonchev–Trinajstić information content (AvgIpc) is 2.62. The number of rotatable bonds is 16. The summed E-state index contributed by atoms with van der Waals surface area (Å²) in [6.07, 6.45) is 21.7. The van der Waals surface area contributed by atoms with Gasteiger partial charge in [-0.1, -0.05) is 90.0 Å². The van der Waals surface area contributed by atoms with Crippen LogP contribution in [0.5, 0.6) is 0 Å². The van der Waals surface area contributed by atoms with Crippen LogP contribution >= 0.6 is 0 Å². The zero-order valence-corrected chi connectivity index (χ0v) is 17.2. The van der Waals surface area contributed by atoms with E-state index < -0.39 is 0 Å². The van der Waals surface area contributed by atoms with Crippen LogP contribution in [0, 0.1) is 0 Å². The van der Waals surface area contributed by atoms with Gasteiger partial charge in [0.05, 0.1) is 0 Å². The third-order valence-electron chi connectivity index (χ3n) is 4.95. The molecule has 0 saturated heterocycles. The molecule has 0 atom stereocenters. The van der Waals surface area contributed by atoms with E-state index in [0.29, 0.717) is 0 Å². The summed E-state index contributed by atoms with van der Waals surface area (Å²) in [5.74, 6) is 0. The van der Waals surface area contributed by atoms with Crippen LogP contribution in [0.25, 0.3) is 0 Å². The topological polar surface area (TPSA) is 24.1 Å². The maximum Gasteiger partial charge on any atom is 0.206 e. The minimum absolute atomic E-state index is 0. The van der Waals surface area contributed by atoms with Crippen molar-refractivity contribution in [1.82, 2.24) is 0 Å². The van der Waals surface area contributed by atoms with Crippen molar-refractivity contribution in [2.24, 2.45) is 0 Å². The van der Waals surface area contributed by atoms with Gasteiger partial charge in [0, 0.05) is 18.6 Å². The molecule has 0 bridgehead atoms. The molecule has 1 N–H and O–H groups in total. The molecule has 1 aromatic rings. The Kier molecular flexibility index (Phi) is 17.8. The number of pyridine rings is 1. The highest BCUT2D eigenvalue weighted by Crippen LogP contribution is 2.12. The van der Waals surface area contributed by atoms with Crippen LogP contribution in [0.1, 0.15) is 103 Å². The third-order valence-corrected chi connectivity index (χ3v) is 4.95. The maximum absolute atomic E-state index is 9.31. The molecule has 146 valence electrons. The number of nitrogens with zero attached hydrogens (tertiary/aromatic N) is 1. The van der Waals surface area contributed by atoms with Crippen LogP contribution in [0.15, 0.2) is 24.4 Å². The standard InChI is InChI=1S/C22H40NO.ClH/c1-2-3-4-5-6-7-8-9-10-11-12-13-14-16-19-23-20-17-15-18-22(23)21-24;/h15,17-18,20,24H,2-14,16,19,21H2,1H3;1H/q+1;/p-1. The van der Waals surface area contributed by atoms with E-state index in [-0.39, 0.29) is 19.0 Å². The molecular formula is C22H40ClNO. The fourth-order valence-corrected chi connectivity index (χ4v) is 3.35. The monoisotopic (exact) mass is 369 g/mol. The number of hydrogen-bond acceptors (Lipinski definition) is 1. The van der Waals surface area contributed by atoms with Crippen molar-refractivity contribution in [1.29, 1.82) is 0 Å². The summed E-state index contributed by atoms with van der Waals surface area (Å²) in [7, 11) is 0. The SMILES string of the molecule is CCCCCCCCCCCCCCCC[n+]1ccccc1CO.[Cl-]. The summed E-state index contributed by atoms with van der Waals surface area (Å²) >= 11 is 0. The van der Waals surface area contributed by atoms with E-state index in [1.54, 1.807) is 0 Å². The highest BCUT2D eigenvalue weighted by atomic mass is 35.5. The Morgan fingerprint density at radius 3 is 1.68 bits per heavy atom. The Morgan fingerprint density at radius 1 is 0.720 bits per heavy atom. The van der Waals surface area contributed by atoms with Gasteiger partial charge in [-0.3, -0.25) is 0 Å². The molecule has 0 aliphatic carbocycles. The fourth-order valence-electron chi connectivity index (χ4n) is 3.35. The minimum Gasteiger partial charge on any atom is -1.00 e. The summed E-state index contributed by atoms with van der Waals surface area (Å²) in [4.78, 5) is 0. The Hall–Kier alpha value is -0.600. The molecule has 0 saturated carbocycles. The van der Waals surface area contributed by atoms with E-state index in [1.165, 1.54) is 89.9 Å². The quantitative estimate of drug-likeness (QED) is 0.351. The van der Waals surface area contributed by atoms with Crippen LogP contribution in [0.3, 0.4) is 0 Å². The molecule has 0 aliphatic heterocycles. The highest BCUT2D eigenvalue weighted by molar-refractivity contribution is 4.95. The lowest BCUT2D eigenvalue weighted by atomic mass is 10.0. The van der Waals surface area contributed by atoms with E-state index in [4.69, 9.17) is 0 Å². The van der Waals surface area contributed by atoms with Crippen molar-refractivity contribution in [2.75, 3.05) is 0 Å². The number of aliphatic hydroxyl groups is 1. The van der Waals surface area contributed by atoms with Gasteiger partial charge in [0.2, 0.25) is 5.69 Å². The predicted molar refractivity (Wildman–Crippen MR) is 103 cm³/mol. The number of unbranched alkanes of at least 4 members (excludes halogenated alkanes) is 13. The van der Waals surface area contributed by atoms with Gasteiger partial charge in [-0.2, -0.15) is 0 Å². The van der Waals surface area contributed by atoms with E-state index in [2.05, 4.69) is 17.7 Å². The molecule has 0 fully saturated rings. The summed E-state index contributed by atoms with van der Waals surface area (Å²) in [5.41, 5.74) is 1.02. The lowest BCUT2D eigenvalue weighted by Crippen LogP contribution is -3.00. The van der Waals surface area contributed by atoms with Gasteiger partial charge in [0.25, 0.3) is 0 Å². The second-order valence-corrected chi connectivity index (χ2v) is 7.14. The molecule has 1 aromatic heterocycles. The third kappa shape index (κ3) is 13.3. The van der Waals surface area contributed by atoms with Crippen molar-refractivity contribution < 1.29 is 22.1 Å². The Bertz CT molecular complexity index is 397. The molecule has 1 rings (SSSR count). The summed E-state index contributed by atoms with van der Waals surface area (Å²) < 4.78 is 2.18. The Labute approximate surface area is 162 Å². The van der Waals surface area contributed by atoms with Gasteiger partial charge < -0.3 is 17.5 Å². The van der Waals surface area contributed by atoms with Crippen LogP contribution in [-0.2, 0) is 13.2 Å². The molecular weight excluding hydrogens is 330 g/mol. The molecule has 1 heterocycles. The first-order chi connectivity index (χ1) is 11.9. The normalized spacial score (nSPS) is 10.6. The number of halogens is 1. The zero-order chi connectivity index (χ0) is 17.3. The minimum atomic E-state index is 0. The number of hydrogen-bond donors (Lipinski definition) is 1. The van der Waals surface area contributed by atoms with E-state index in [1.807, 2.05) is 18.2 Å². The summed E-state index contributed by atoms with van der Waals surface area (Å²) in [6, 6.07) is 6.04.